The van der Waals surface area contributed by atoms with E-state index in [9.17, 15) is 0 Å². The van der Waals surface area contributed by atoms with Gasteiger partial charge in [-0.15, -0.1) is 0 Å². The first-order chi connectivity index (χ1) is 33.5. The van der Waals surface area contributed by atoms with Crippen molar-refractivity contribution in [2.24, 2.45) is 0 Å². The van der Waals surface area contributed by atoms with Crippen LogP contribution in [-0.4, -0.2) is 19.1 Å². The van der Waals surface area contributed by atoms with Gasteiger partial charge >= 0.3 is 0 Å². The van der Waals surface area contributed by atoms with Crippen LogP contribution in [0.25, 0.3) is 126 Å². The van der Waals surface area contributed by atoms with Gasteiger partial charge < -0.3 is 9.13 Å². The Kier molecular flexibility index (Phi) is 9.51. The molecule has 7 heteroatoms. The van der Waals surface area contributed by atoms with Crippen molar-refractivity contribution in [1.82, 2.24) is 19.1 Å². The van der Waals surface area contributed by atoms with Crippen LogP contribution in [-0.2, 0) is 0 Å². The van der Waals surface area contributed by atoms with E-state index < -0.39 is 0 Å². The molecule has 9 aromatic carbocycles. The summed E-state index contributed by atoms with van der Waals surface area (Å²) in [7, 11) is 0. The van der Waals surface area contributed by atoms with Gasteiger partial charge in [-0.3, -0.25) is 0 Å². The Balaban J connectivity index is 0.862. The summed E-state index contributed by atoms with van der Waals surface area (Å²) in [6.45, 7) is 23.5. The molecule has 0 N–H and O–H groups in total. The summed E-state index contributed by atoms with van der Waals surface area (Å²) in [5.74, 6) is 0.635. The lowest BCUT2D eigenvalue weighted by molar-refractivity contribution is 1.17. The third kappa shape index (κ3) is 6.74. The first kappa shape index (κ1) is 39.7. The lowest BCUT2D eigenvalue weighted by Crippen LogP contribution is -1.96. The smallest absolute Gasteiger partial charge is 0.195 e. The van der Waals surface area contributed by atoms with Crippen molar-refractivity contribution in [2.75, 3.05) is 0 Å². The SMILES string of the molecule is [C-]#[N+]c1ccc2c(c1)c1cc([N+]#[C-])ccc1n2-c1ccc2c(c1)c1ccccc1n2-c1ccc(-c2ccc(-c3ccc(-c4cc(-c5ccccc5)nc(-c5ccccc5)n4)cc3[N+]#[C-])cc2)cc1. The molecule has 0 aliphatic rings. The lowest BCUT2D eigenvalue weighted by atomic mass is 9.97. The minimum Gasteiger partial charge on any atom is -0.309 e. The van der Waals surface area contributed by atoms with E-state index >= 15 is 0 Å². The first-order valence-corrected chi connectivity index (χ1v) is 22.1. The highest BCUT2D eigenvalue weighted by Gasteiger charge is 2.18. The van der Waals surface area contributed by atoms with Gasteiger partial charge in [-0.2, -0.15) is 0 Å². The third-order valence-corrected chi connectivity index (χ3v) is 12.8. The van der Waals surface area contributed by atoms with Gasteiger partial charge in [0.1, 0.15) is 0 Å². The van der Waals surface area contributed by atoms with E-state index in [4.69, 9.17) is 29.7 Å². The molecule has 0 bridgehead atoms. The maximum atomic E-state index is 8.20. The van der Waals surface area contributed by atoms with E-state index in [-0.39, 0.29) is 0 Å². The minimum atomic E-state index is 0.555. The van der Waals surface area contributed by atoms with Gasteiger partial charge in [0.25, 0.3) is 0 Å². The standard InChI is InChI=1S/C61H35N7/c1-62-45-25-31-58-51(35-45)52-36-46(63-2)26-32-59(52)68(58)48-29-33-60-53(37-48)50-16-10-11-17-57(50)67(60)47-27-22-40(23-28-47)39-18-20-41(21-19-39)49-30-24-44(34-56(49)64-3)55-38-54(42-12-6-4-7-13-42)65-61(66-55)43-14-8-5-9-15-43/h4-38H. The largest absolute Gasteiger partial charge is 0.309 e. The Morgan fingerprint density at radius 1 is 0.324 bits per heavy atom. The van der Waals surface area contributed by atoms with E-state index in [2.05, 4.69) is 115 Å². The minimum absolute atomic E-state index is 0.555. The summed E-state index contributed by atoms with van der Waals surface area (Å²) in [6, 6.07) is 71.9. The highest BCUT2D eigenvalue weighted by molar-refractivity contribution is 6.13. The van der Waals surface area contributed by atoms with Gasteiger partial charge in [0, 0.05) is 33.3 Å². The number of hydrogen-bond donors (Lipinski definition) is 0. The quantitative estimate of drug-likeness (QED) is 0.150. The monoisotopic (exact) mass is 865 g/mol. The van der Waals surface area contributed by atoms with Crippen molar-refractivity contribution >= 4 is 60.7 Å². The van der Waals surface area contributed by atoms with Crippen LogP contribution in [0.4, 0.5) is 17.1 Å². The van der Waals surface area contributed by atoms with Crippen molar-refractivity contribution in [3.8, 4) is 67.5 Å². The molecule has 3 heterocycles. The van der Waals surface area contributed by atoms with Gasteiger partial charge in [-0.25, -0.2) is 24.5 Å². The van der Waals surface area contributed by atoms with Crippen LogP contribution in [0.5, 0.6) is 0 Å². The first-order valence-electron chi connectivity index (χ1n) is 22.1. The van der Waals surface area contributed by atoms with E-state index in [0.717, 1.165) is 105 Å². The number of hydrogen-bond acceptors (Lipinski definition) is 2. The highest BCUT2D eigenvalue weighted by Crippen LogP contribution is 2.41. The van der Waals surface area contributed by atoms with Gasteiger partial charge in [0.15, 0.2) is 22.9 Å². The molecule has 12 aromatic rings. The summed E-state index contributed by atoms with van der Waals surface area (Å²) >= 11 is 0. The number of benzene rings is 9. The molecule has 0 saturated carbocycles. The molecule has 12 rings (SSSR count). The van der Waals surface area contributed by atoms with Crippen molar-refractivity contribution in [3.05, 3.63) is 247 Å². The molecular formula is C61H35N7. The maximum absolute atomic E-state index is 8.20. The zero-order chi connectivity index (χ0) is 45.7. The average Bonchev–Trinajstić information content (AvgIpc) is 3.92. The van der Waals surface area contributed by atoms with Crippen molar-refractivity contribution in [3.63, 3.8) is 0 Å². The number of para-hydroxylation sites is 1. The fourth-order valence-electron chi connectivity index (χ4n) is 9.54. The highest BCUT2D eigenvalue weighted by atomic mass is 15.0. The number of fused-ring (bicyclic) bond motifs is 6. The molecule has 0 fully saturated rings. The Morgan fingerprint density at radius 2 is 0.809 bits per heavy atom. The summed E-state index contributed by atoms with van der Waals surface area (Å²) in [6.07, 6.45) is 0. The van der Waals surface area contributed by atoms with E-state index in [1.807, 2.05) is 121 Å². The van der Waals surface area contributed by atoms with Crippen molar-refractivity contribution < 1.29 is 0 Å². The predicted octanol–water partition coefficient (Wildman–Crippen LogP) is 16.7. The fraction of sp³-hybridized carbons (Fsp3) is 0. The van der Waals surface area contributed by atoms with Crippen LogP contribution in [0.2, 0.25) is 0 Å². The third-order valence-electron chi connectivity index (χ3n) is 12.8. The Hall–Kier alpha value is -9.87. The van der Waals surface area contributed by atoms with Crippen LogP contribution in [0, 0.1) is 19.7 Å². The Bertz CT molecular complexity index is 3960. The predicted molar refractivity (Wildman–Crippen MR) is 277 cm³/mol. The van der Waals surface area contributed by atoms with Crippen LogP contribution in [0.3, 0.4) is 0 Å². The number of nitrogens with zero attached hydrogens (tertiary/aromatic N) is 7. The maximum Gasteiger partial charge on any atom is 0.195 e. The molecule has 0 aliphatic heterocycles. The molecule has 7 nitrogen and oxygen atoms in total. The van der Waals surface area contributed by atoms with Crippen LogP contribution in [0.1, 0.15) is 0 Å². The van der Waals surface area contributed by atoms with Crippen molar-refractivity contribution in [1.29, 1.82) is 0 Å². The molecule has 0 amide bonds. The molecule has 0 aliphatic carbocycles. The molecule has 68 heavy (non-hydrogen) atoms. The molecule has 0 atom stereocenters. The molecule has 0 radical (unpaired) electrons. The van der Waals surface area contributed by atoms with E-state index in [1.54, 1.807) is 0 Å². The second-order valence-electron chi connectivity index (χ2n) is 16.7. The molecule has 0 saturated heterocycles. The molecule has 0 spiro atoms. The molecule has 314 valence electrons. The topological polar surface area (TPSA) is 48.7 Å². The molecule has 3 aromatic heterocycles. The zero-order valence-corrected chi connectivity index (χ0v) is 36.3. The molecule has 0 unspecified atom stereocenters. The van der Waals surface area contributed by atoms with Gasteiger partial charge in [-0.05, 0) is 111 Å². The zero-order valence-electron chi connectivity index (χ0n) is 36.3. The Morgan fingerprint density at radius 3 is 1.44 bits per heavy atom. The van der Waals surface area contributed by atoms with Crippen LogP contribution >= 0.6 is 0 Å². The van der Waals surface area contributed by atoms with E-state index in [1.165, 1.54) is 0 Å². The van der Waals surface area contributed by atoms with Gasteiger partial charge in [-0.1, -0.05) is 140 Å². The van der Waals surface area contributed by atoms with Crippen LogP contribution in [0.15, 0.2) is 212 Å². The number of rotatable bonds is 7. The summed E-state index contributed by atoms with van der Waals surface area (Å²) in [5.41, 5.74) is 16.3. The fourth-order valence-corrected chi connectivity index (χ4v) is 9.54. The van der Waals surface area contributed by atoms with E-state index in [0.29, 0.717) is 22.9 Å². The number of aromatic nitrogens is 4. The molecular weight excluding hydrogens is 831 g/mol. The summed E-state index contributed by atoms with van der Waals surface area (Å²) in [4.78, 5) is 21.3. The second kappa shape index (κ2) is 16.3. The van der Waals surface area contributed by atoms with Crippen molar-refractivity contribution in [2.45, 2.75) is 0 Å². The van der Waals surface area contributed by atoms with Gasteiger partial charge in [0.05, 0.1) is 53.2 Å². The van der Waals surface area contributed by atoms with Crippen LogP contribution < -0.4 is 0 Å². The lowest BCUT2D eigenvalue weighted by Gasteiger charge is -2.12. The van der Waals surface area contributed by atoms with Gasteiger partial charge in [0.2, 0.25) is 0 Å². The summed E-state index contributed by atoms with van der Waals surface area (Å²) < 4.78 is 4.55. The summed E-state index contributed by atoms with van der Waals surface area (Å²) in [5, 5.41) is 4.18. The normalized spacial score (nSPS) is 11.2. The second-order valence-corrected chi connectivity index (χ2v) is 16.7. The Labute approximate surface area is 392 Å². The average molecular weight is 866 g/mol.